The van der Waals surface area contributed by atoms with E-state index in [1.807, 2.05) is 5.38 Å². The summed E-state index contributed by atoms with van der Waals surface area (Å²) in [6.07, 6.45) is 0.0282. The Bertz CT molecular complexity index is 814. The van der Waals surface area contributed by atoms with E-state index in [9.17, 15) is 14.4 Å². The molecule has 2 amide bonds. The average molecular weight is 393 g/mol. The maximum Gasteiger partial charge on any atom is 0.239 e. The molecule has 128 valence electrons. The molecule has 0 radical (unpaired) electrons. The van der Waals surface area contributed by atoms with Crippen molar-refractivity contribution in [3.05, 3.63) is 57.2 Å². The van der Waals surface area contributed by atoms with Crippen LogP contribution in [-0.4, -0.2) is 22.7 Å². The Morgan fingerprint density at radius 1 is 1.16 bits per heavy atom. The second-order valence-corrected chi connectivity index (χ2v) is 7.34. The number of hydrogen-bond donors (Lipinski definition) is 2. The second-order valence-electron chi connectivity index (χ2n) is 5.55. The van der Waals surface area contributed by atoms with Crippen molar-refractivity contribution in [2.45, 2.75) is 12.3 Å². The van der Waals surface area contributed by atoms with E-state index in [0.717, 1.165) is 0 Å². The number of rotatable bonds is 5. The Morgan fingerprint density at radius 3 is 2.36 bits per heavy atom. The molecule has 2 aromatic rings. The van der Waals surface area contributed by atoms with Crippen molar-refractivity contribution in [2.75, 3.05) is 0 Å². The summed E-state index contributed by atoms with van der Waals surface area (Å²) in [5, 5.41) is 7.23. The molecule has 1 atom stereocenters. The normalized spacial score (nSPS) is 16.3. The SMILES string of the molecule is O=C(C[C@H](c1ccc(Cl)cc1)C1C(=O)NC(=S)NC1=O)c1cccs1. The van der Waals surface area contributed by atoms with E-state index in [-0.39, 0.29) is 17.3 Å². The van der Waals surface area contributed by atoms with Gasteiger partial charge in [-0.05, 0) is 41.4 Å². The summed E-state index contributed by atoms with van der Waals surface area (Å²) in [5.74, 6) is -2.80. The smallest absolute Gasteiger partial charge is 0.239 e. The summed E-state index contributed by atoms with van der Waals surface area (Å²) in [6.45, 7) is 0. The zero-order valence-corrected chi connectivity index (χ0v) is 15.2. The van der Waals surface area contributed by atoms with E-state index < -0.39 is 23.7 Å². The van der Waals surface area contributed by atoms with Gasteiger partial charge in [-0.25, -0.2) is 0 Å². The van der Waals surface area contributed by atoms with E-state index in [0.29, 0.717) is 15.5 Å². The van der Waals surface area contributed by atoms with E-state index in [1.165, 1.54) is 11.3 Å². The van der Waals surface area contributed by atoms with Gasteiger partial charge in [0.15, 0.2) is 10.9 Å². The maximum absolute atomic E-state index is 12.6. The molecule has 1 aromatic heterocycles. The summed E-state index contributed by atoms with van der Waals surface area (Å²) < 4.78 is 0. The third-order valence-electron chi connectivity index (χ3n) is 3.94. The van der Waals surface area contributed by atoms with E-state index in [2.05, 4.69) is 10.6 Å². The molecule has 1 fully saturated rings. The van der Waals surface area contributed by atoms with Crippen LogP contribution in [0.2, 0.25) is 5.02 Å². The highest BCUT2D eigenvalue weighted by Gasteiger charge is 2.40. The minimum absolute atomic E-state index is 0.0225. The van der Waals surface area contributed by atoms with Gasteiger partial charge in [-0.1, -0.05) is 29.8 Å². The van der Waals surface area contributed by atoms with Gasteiger partial charge in [-0.3, -0.25) is 14.4 Å². The molecule has 2 N–H and O–H groups in total. The fourth-order valence-electron chi connectivity index (χ4n) is 2.77. The van der Waals surface area contributed by atoms with Crippen molar-refractivity contribution in [3.8, 4) is 0 Å². The monoisotopic (exact) mass is 392 g/mol. The van der Waals surface area contributed by atoms with Gasteiger partial charge in [0.05, 0.1) is 4.88 Å². The van der Waals surface area contributed by atoms with Crippen molar-refractivity contribution in [2.24, 2.45) is 5.92 Å². The van der Waals surface area contributed by atoms with Crippen LogP contribution in [-0.2, 0) is 9.59 Å². The summed E-state index contributed by atoms with van der Waals surface area (Å²) in [7, 11) is 0. The highest BCUT2D eigenvalue weighted by molar-refractivity contribution is 7.80. The molecule has 1 aromatic carbocycles. The first-order valence-electron chi connectivity index (χ1n) is 7.43. The van der Waals surface area contributed by atoms with Crippen LogP contribution in [0.4, 0.5) is 0 Å². The zero-order chi connectivity index (χ0) is 18.0. The lowest BCUT2D eigenvalue weighted by Crippen LogP contribution is -2.57. The van der Waals surface area contributed by atoms with Crippen molar-refractivity contribution in [1.82, 2.24) is 10.6 Å². The van der Waals surface area contributed by atoms with Gasteiger partial charge in [0.1, 0.15) is 5.92 Å². The lowest BCUT2D eigenvalue weighted by Gasteiger charge is -2.29. The fraction of sp³-hybridized carbons (Fsp3) is 0.176. The minimum Gasteiger partial charge on any atom is -0.302 e. The largest absolute Gasteiger partial charge is 0.302 e. The molecule has 8 heteroatoms. The van der Waals surface area contributed by atoms with Crippen LogP contribution in [0.15, 0.2) is 41.8 Å². The van der Waals surface area contributed by atoms with Gasteiger partial charge in [0.2, 0.25) is 11.8 Å². The predicted molar refractivity (Wildman–Crippen MR) is 99.8 cm³/mol. The number of carbonyl (C=O) groups is 3. The number of Topliss-reactive ketones (excluding diaryl/α,β-unsaturated/α-hetero) is 1. The minimum atomic E-state index is -1.04. The van der Waals surface area contributed by atoms with Crippen LogP contribution in [0.5, 0.6) is 0 Å². The first-order valence-corrected chi connectivity index (χ1v) is 9.10. The first-order chi connectivity index (χ1) is 12.0. The number of ketones is 1. The predicted octanol–water partition coefficient (Wildman–Crippen LogP) is 2.91. The van der Waals surface area contributed by atoms with Gasteiger partial charge in [-0.2, -0.15) is 0 Å². The molecule has 0 saturated carbocycles. The molecular formula is C17H13ClN2O3S2. The molecule has 25 heavy (non-hydrogen) atoms. The highest BCUT2D eigenvalue weighted by Crippen LogP contribution is 2.32. The third kappa shape index (κ3) is 3.95. The number of halogens is 1. The highest BCUT2D eigenvalue weighted by atomic mass is 35.5. The van der Waals surface area contributed by atoms with E-state index in [1.54, 1.807) is 36.4 Å². The van der Waals surface area contributed by atoms with Gasteiger partial charge < -0.3 is 10.6 Å². The molecule has 1 saturated heterocycles. The third-order valence-corrected chi connectivity index (χ3v) is 5.31. The summed E-state index contributed by atoms with van der Waals surface area (Å²) >= 11 is 12.1. The van der Waals surface area contributed by atoms with Crippen LogP contribution < -0.4 is 10.6 Å². The average Bonchev–Trinajstić information content (AvgIpc) is 3.08. The van der Waals surface area contributed by atoms with Crippen LogP contribution in [0, 0.1) is 5.92 Å². The number of thiophene rings is 1. The lowest BCUT2D eigenvalue weighted by molar-refractivity contribution is -0.136. The van der Waals surface area contributed by atoms with Crippen LogP contribution in [0.25, 0.3) is 0 Å². The molecular weight excluding hydrogens is 380 g/mol. The van der Waals surface area contributed by atoms with E-state index >= 15 is 0 Å². The fourth-order valence-corrected chi connectivity index (χ4v) is 3.77. The Hall–Kier alpha value is -2.09. The zero-order valence-electron chi connectivity index (χ0n) is 12.8. The Balaban J connectivity index is 1.95. The van der Waals surface area contributed by atoms with E-state index in [4.69, 9.17) is 23.8 Å². The molecule has 0 spiro atoms. The van der Waals surface area contributed by atoms with Crippen molar-refractivity contribution in [3.63, 3.8) is 0 Å². The lowest BCUT2D eigenvalue weighted by atomic mass is 9.80. The second kappa shape index (κ2) is 7.43. The molecule has 0 unspecified atom stereocenters. The molecule has 2 heterocycles. The number of carbonyl (C=O) groups excluding carboxylic acids is 3. The molecule has 3 rings (SSSR count). The topological polar surface area (TPSA) is 75.3 Å². The van der Waals surface area contributed by atoms with Crippen LogP contribution in [0.3, 0.4) is 0 Å². The Kier molecular flexibility index (Phi) is 5.27. The molecule has 1 aliphatic rings. The Labute approximate surface area is 158 Å². The molecule has 1 aliphatic heterocycles. The number of amides is 2. The number of thiocarbonyl (C=S) groups is 1. The summed E-state index contributed by atoms with van der Waals surface area (Å²) in [5.41, 5.74) is 0.692. The summed E-state index contributed by atoms with van der Waals surface area (Å²) in [4.78, 5) is 37.9. The number of benzene rings is 1. The van der Waals surface area contributed by atoms with Gasteiger partial charge in [-0.15, -0.1) is 11.3 Å². The molecule has 5 nitrogen and oxygen atoms in total. The standard InChI is InChI=1S/C17H13ClN2O3S2/c18-10-5-3-9(4-6-10)11(8-12(21)13-2-1-7-25-13)14-15(22)19-17(24)20-16(14)23/h1-7,11,14H,8H2,(H2,19,20,22,23,24)/t11-/m1/s1. The van der Waals surface area contributed by atoms with Crippen molar-refractivity contribution < 1.29 is 14.4 Å². The van der Waals surface area contributed by atoms with Crippen LogP contribution >= 0.6 is 35.2 Å². The summed E-state index contributed by atoms with van der Waals surface area (Å²) in [6, 6.07) is 10.3. The number of hydrogen-bond acceptors (Lipinski definition) is 5. The van der Waals surface area contributed by atoms with Gasteiger partial charge >= 0.3 is 0 Å². The molecule has 0 bridgehead atoms. The van der Waals surface area contributed by atoms with Crippen molar-refractivity contribution in [1.29, 1.82) is 0 Å². The number of nitrogens with one attached hydrogen (secondary N) is 2. The first kappa shape index (κ1) is 17.7. The van der Waals surface area contributed by atoms with Gasteiger partial charge in [0.25, 0.3) is 0 Å². The van der Waals surface area contributed by atoms with Crippen molar-refractivity contribution >= 4 is 57.9 Å². The Morgan fingerprint density at radius 2 is 1.80 bits per heavy atom. The van der Waals surface area contributed by atoms with Gasteiger partial charge in [0, 0.05) is 17.4 Å². The van der Waals surface area contributed by atoms with Crippen LogP contribution in [0.1, 0.15) is 27.6 Å². The quantitative estimate of drug-likeness (QED) is 0.466. The molecule has 0 aliphatic carbocycles. The maximum atomic E-state index is 12.6.